The zero-order valence-electron chi connectivity index (χ0n) is 10.9. The van der Waals surface area contributed by atoms with Gasteiger partial charge in [-0.2, -0.15) is 22.0 Å². The number of hydrogen-bond acceptors (Lipinski definition) is 2. The highest BCUT2D eigenvalue weighted by molar-refractivity contribution is 5.84. The van der Waals surface area contributed by atoms with Crippen LogP contribution in [0.2, 0.25) is 0 Å². The van der Waals surface area contributed by atoms with Crippen molar-refractivity contribution < 1.29 is 26.7 Å². The molecule has 2 aliphatic heterocycles. The van der Waals surface area contributed by atoms with E-state index in [9.17, 15) is 26.7 Å². The van der Waals surface area contributed by atoms with Gasteiger partial charge in [0.05, 0.1) is 0 Å². The molecule has 2 rings (SSSR count). The molecule has 2 saturated heterocycles. The van der Waals surface area contributed by atoms with Gasteiger partial charge in [-0.15, -0.1) is 0 Å². The molecule has 0 spiro atoms. The quantitative estimate of drug-likeness (QED) is 0.730. The van der Waals surface area contributed by atoms with E-state index in [0.29, 0.717) is 17.7 Å². The molecule has 0 saturated carbocycles. The molecule has 0 atom stereocenters. The van der Waals surface area contributed by atoms with E-state index in [-0.39, 0.29) is 19.1 Å². The number of amides is 1. The van der Waals surface area contributed by atoms with Crippen molar-refractivity contribution >= 4 is 5.91 Å². The minimum absolute atomic E-state index is 0.0360. The summed E-state index contributed by atoms with van der Waals surface area (Å²) in [5.41, 5.74) is 0. The van der Waals surface area contributed by atoms with Crippen molar-refractivity contribution in [2.24, 2.45) is 0 Å². The summed E-state index contributed by atoms with van der Waals surface area (Å²) in [4.78, 5) is 14.2. The summed E-state index contributed by atoms with van der Waals surface area (Å²) in [7, 11) is 0. The van der Waals surface area contributed by atoms with Gasteiger partial charge in [0, 0.05) is 19.1 Å². The second-order valence-corrected chi connectivity index (χ2v) is 5.34. The van der Waals surface area contributed by atoms with Crippen LogP contribution in [0.15, 0.2) is 0 Å². The predicted octanol–water partition coefficient (Wildman–Crippen LogP) is 2.27. The molecule has 1 amide bonds. The predicted molar refractivity (Wildman–Crippen MR) is 61.4 cm³/mol. The van der Waals surface area contributed by atoms with Crippen LogP contribution in [-0.4, -0.2) is 60.0 Å². The summed E-state index contributed by atoms with van der Waals surface area (Å²) >= 11 is 0. The number of carbonyl (C=O) groups excluding carboxylic acids is 1. The van der Waals surface area contributed by atoms with Gasteiger partial charge in [0.15, 0.2) is 0 Å². The highest BCUT2D eigenvalue weighted by Gasteiger charge is 2.64. The van der Waals surface area contributed by atoms with E-state index in [1.807, 2.05) is 0 Å². The minimum Gasteiger partial charge on any atom is -0.337 e. The number of nitrogens with zero attached hydrogens (tertiary/aromatic N) is 2. The van der Waals surface area contributed by atoms with Gasteiger partial charge in [0.1, 0.15) is 0 Å². The molecule has 0 aromatic carbocycles. The van der Waals surface area contributed by atoms with E-state index in [1.54, 1.807) is 0 Å². The lowest BCUT2D eigenvalue weighted by Crippen LogP contribution is -2.55. The monoisotopic (exact) mass is 300 g/mol. The maximum atomic E-state index is 13.0. The molecule has 0 aliphatic carbocycles. The smallest absolute Gasteiger partial charge is 0.337 e. The summed E-state index contributed by atoms with van der Waals surface area (Å²) < 4.78 is 62.4. The SMILES string of the molecule is O=C(N1CCC(N2CCCC2)CC1)C(F)(F)C(F)(F)F. The molecule has 0 unspecified atom stereocenters. The number of carbonyl (C=O) groups is 1. The van der Waals surface area contributed by atoms with Crippen LogP contribution in [-0.2, 0) is 4.79 Å². The Labute approximate surface area is 113 Å². The Balaban J connectivity index is 1.91. The van der Waals surface area contributed by atoms with Crippen molar-refractivity contribution in [2.45, 2.75) is 43.8 Å². The first-order valence-electron chi connectivity index (χ1n) is 6.71. The molecule has 2 heterocycles. The Hall–Kier alpha value is -0.920. The molecule has 2 aliphatic rings. The van der Waals surface area contributed by atoms with Gasteiger partial charge in [-0.1, -0.05) is 0 Å². The maximum absolute atomic E-state index is 13.0. The van der Waals surface area contributed by atoms with Gasteiger partial charge < -0.3 is 9.80 Å². The van der Waals surface area contributed by atoms with E-state index in [4.69, 9.17) is 0 Å². The third-order valence-corrected chi connectivity index (χ3v) is 4.03. The molecule has 0 aromatic rings. The fourth-order valence-electron chi connectivity index (χ4n) is 2.86. The Morgan fingerprint density at radius 3 is 1.85 bits per heavy atom. The Morgan fingerprint density at radius 2 is 1.40 bits per heavy atom. The average molecular weight is 300 g/mol. The van der Waals surface area contributed by atoms with Gasteiger partial charge in [0.2, 0.25) is 0 Å². The van der Waals surface area contributed by atoms with E-state index in [2.05, 4.69) is 4.90 Å². The zero-order chi connectivity index (χ0) is 15.0. The Bertz CT molecular complexity index is 357. The fraction of sp³-hybridized carbons (Fsp3) is 0.917. The van der Waals surface area contributed by atoms with E-state index >= 15 is 0 Å². The number of rotatable bonds is 2. The average Bonchev–Trinajstić information content (AvgIpc) is 2.90. The second kappa shape index (κ2) is 5.46. The molecule has 0 bridgehead atoms. The molecule has 116 valence electrons. The molecular weight excluding hydrogens is 283 g/mol. The van der Waals surface area contributed by atoms with Crippen LogP contribution < -0.4 is 0 Å². The molecular formula is C12H17F5N2O. The zero-order valence-corrected chi connectivity index (χ0v) is 10.9. The normalized spacial score (nSPS) is 23.4. The Morgan fingerprint density at radius 1 is 0.900 bits per heavy atom. The van der Waals surface area contributed by atoms with Crippen LogP contribution in [0.5, 0.6) is 0 Å². The molecule has 0 N–H and O–H groups in total. The standard InChI is InChI=1S/C12H17F5N2O/c13-11(14,12(15,16)17)10(20)19-7-3-9(4-8-19)18-5-1-2-6-18/h9H,1-8H2. The second-order valence-electron chi connectivity index (χ2n) is 5.34. The van der Waals surface area contributed by atoms with Gasteiger partial charge in [-0.05, 0) is 38.8 Å². The number of likely N-dealkylation sites (tertiary alicyclic amines) is 2. The van der Waals surface area contributed by atoms with Gasteiger partial charge in [-0.3, -0.25) is 4.79 Å². The summed E-state index contributed by atoms with van der Waals surface area (Å²) in [5.74, 6) is -7.40. The largest absolute Gasteiger partial charge is 0.463 e. The third kappa shape index (κ3) is 2.89. The number of alkyl halides is 5. The fourth-order valence-corrected chi connectivity index (χ4v) is 2.86. The molecule has 8 heteroatoms. The Kier molecular flexibility index (Phi) is 4.22. The van der Waals surface area contributed by atoms with Gasteiger partial charge in [-0.25, -0.2) is 0 Å². The number of hydrogen-bond donors (Lipinski definition) is 0. The molecule has 20 heavy (non-hydrogen) atoms. The summed E-state index contributed by atoms with van der Waals surface area (Å²) in [6.07, 6.45) is -2.73. The van der Waals surface area contributed by atoms with Crippen molar-refractivity contribution in [1.29, 1.82) is 0 Å². The van der Waals surface area contributed by atoms with Crippen molar-refractivity contribution in [3.63, 3.8) is 0 Å². The summed E-state index contributed by atoms with van der Waals surface area (Å²) in [6, 6.07) is 0.195. The van der Waals surface area contributed by atoms with E-state index < -0.39 is 18.0 Å². The topological polar surface area (TPSA) is 23.6 Å². The highest BCUT2D eigenvalue weighted by atomic mass is 19.4. The first kappa shape index (κ1) is 15.5. The number of piperidine rings is 1. The van der Waals surface area contributed by atoms with Crippen molar-refractivity contribution in [3.8, 4) is 0 Å². The lowest BCUT2D eigenvalue weighted by molar-refractivity contribution is -0.274. The van der Waals surface area contributed by atoms with Gasteiger partial charge >= 0.3 is 18.0 Å². The van der Waals surface area contributed by atoms with Crippen LogP contribution >= 0.6 is 0 Å². The van der Waals surface area contributed by atoms with Crippen LogP contribution in [0.3, 0.4) is 0 Å². The first-order valence-corrected chi connectivity index (χ1v) is 6.71. The van der Waals surface area contributed by atoms with Gasteiger partial charge in [0.25, 0.3) is 0 Å². The van der Waals surface area contributed by atoms with Crippen molar-refractivity contribution in [2.75, 3.05) is 26.2 Å². The number of halogens is 5. The van der Waals surface area contributed by atoms with Crippen molar-refractivity contribution in [3.05, 3.63) is 0 Å². The van der Waals surface area contributed by atoms with Crippen LogP contribution in [0, 0.1) is 0 Å². The van der Waals surface area contributed by atoms with Crippen LogP contribution in [0.1, 0.15) is 25.7 Å². The highest BCUT2D eigenvalue weighted by Crippen LogP contribution is 2.37. The van der Waals surface area contributed by atoms with E-state index in [1.165, 1.54) is 0 Å². The third-order valence-electron chi connectivity index (χ3n) is 4.03. The lowest BCUT2D eigenvalue weighted by atomic mass is 10.0. The first-order chi connectivity index (χ1) is 9.23. The molecule has 0 aromatic heterocycles. The van der Waals surface area contributed by atoms with E-state index in [0.717, 1.165) is 25.9 Å². The minimum atomic E-state index is -5.82. The maximum Gasteiger partial charge on any atom is 0.463 e. The molecule has 2 fully saturated rings. The summed E-state index contributed by atoms with van der Waals surface area (Å²) in [5, 5.41) is 0. The van der Waals surface area contributed by atoms with Crippen LogP contribution in [0.4, 0.5) is 22.0 Å². The summed E-state index contributed by atoms with van der Waals surface area (Å²) in [6.45, 7) is 1.81. The van der Waals surface area contributed by atoms with Crippen LogP contribution in [0.25, 0.3) is 0 Å². The molecule has 3 nitrogen and oxygen atoms in total. The molecule has 0 radical (unpaired) electrons. The van der Waals surface area contributed by atoms with Crippen molar-refractivity contribution in [1.82, 2.24) is 9.80 Å². The lowest BCUT2D eigenvalue weighted by Gasteiger charge is -2.37.